The van der Waals surface area contributed by atoms with Gasteiger partial charge in [0.1, 0.15) is 0 Å². The van der Waals surface area contributed by atoms with Gasteiger partial charge >= 0.3 is 0 Å². The SMILES string of the molecule is CCCCCN1CCCC1c1cccc(C)c1. The largest absolute Gasteiger partial charge is 0.296 e. The van der Waals surface area contributed by atoms with Crippen LogP contribution in [-0.2, 0) is 0 Å². The lowest BCUT2D eigenvalue weighted by atomic mass is 10.0. The first-order valence-corrected chi connectivity index (χ1v) is 7.12. The lowest BCUT2D eigenvalue weighted by Crippen LogP contribution is -2.24. The van der Waals surface area contributed by atoms with E-state index in [0.29, 0.717) is 6.04 Å². The minimum atomic E-state index is 0.687. The zero-order valence-electron chi connectivity index (χ0n) is 11.3. The predicted octanol–water partition coefficient (Wildman–Crippen LogP) is 4.32. The van der Waals surface area contributed by atoms with Crippen LogP contribution in [0.4, 0.5) is 0 Å². The molecule has 17 heavy (non-hydrogen) atoms. The van der Waals surface area contributed by atoms with Crippen molar-refractivity contribution < 1.29 is 0 Å². The zero-order chi connectivity index (χ0) is 12.1. The Labute approximate surface area is 106 Å². The van der Waals surface area contributed by atoms with Crippen molar-refractivity contribution in [3.8, 4) is 0 Å². The van der Waals surface area contributed by atoms with E-state index in [2.05, 4.69) is 43.0 Å². The van der Waals surface area contributed by atoms with E-state index in [1.165, 1.54) is 56.3 Å². The van der Waals surface area contributed by atoms with Crippen LogP contribution < -0.4 is 0 Å². The smallest absolute Gasteiger partial charge is 0.0348 e. The molecule has 1 fully saturated rings. The van der Waals surface area contributed by atoms with Gasteiger partial charge in [-0.25, -0.2) is 0 Å². The molecule has 1 unspecified atom stereocenters. The van der Waals surface area contributed by atoms with Crippen LogP contribution in [0.3, 0.4) is 0 Å². The van der Waals surface area contributed by atoms with Crippen LogP contribution in [0, 0.1) is 6.92 Å². The summed E-state index contributed by atoms with van der Waals surface area (Å²) in [6.45, 7) is 7.05. The molecule has 0 aromatic heterocycles. The van der Waals surface area contributed by atoms with E-state index in [4.69, 9.17) is 0 Å². The highest BCUT2D eigenvalue weighted by atomic mass is 15.2. The van der Waals surface area contributed by atoms with Crippen LogP contribution in [-0.4, -0.2) is 18.0 Å². The Balaban J connectivity index is 1.99. The zero-order valence-corrected chi connectivity index (χ0v) is 11.3. The van der Waals surface area contributed by atoms with Gasteiger partial charge in [0.25, 0.3) is 0 Å². The van der Waals surface area contributed by atoms with Crippen molar-refractivity contribution in [1.82, 2.24) is 4.90 Å². The highest BCUT2D eigenvalue weighted by Gasteiger charge is 2.25. The second-order valence-electron chi connectivity index (χ2n) is 5.32. The molecule has 0 N–H and O–H groups in total. The summed E-state index contributed by atoms with van der Waals surface area (Å²) in [4.78, 5) is 2.68. The van der Waals surface area contributed by atoms with Crippen molar-refractivity contribution in [1.29, 1.82) is 0 Å². The second-order valence-corrected chi connectivity index (χ2v) is 5.32. The number of hydrogen-bond donors (Lipinski definition) is 0. The lowest BCUT2D eigenvalue weighted by molar-refractivity contribution is 0.251. The molecule has 1 aliphatic heterocycles. The standard InChI is InChI=1S/C16H25N/c1-3-4-5-11-17-12-7-10-16(17)15-9-6-8-14(2)13-15/h6,8-9,13,16H,3-5,7,10-12H2,1-2H3. The molecule has 1 aromatic rings. The van der Waals surface area contributed by atoms with Crippen molar-refractivity contribution in [2.24, 2.45) is 0 Å². The quantitative estimate of drug-likeness (QED) is 0.682. The molecule has 1 atom stereocenters. The topological polar surface area (TPSA) is 3.24 Å². The van der Waals surface area contributed by atoms with E-state index in [1.807, 2.05) is 0 Å². The van der Waals surface area contributed by atoms with Gasteiger partial charge in [0.2, 0.25) is 0 Å². The number of rotatable bonds is 5. The Hall–Kier alpha value is -0.820. The van der Waals surface area contributed by atoms with Crippen molar-refractivity contribution in [3.63, 3.8) is 0 Å². The molecule has 0 saturated carbocycles. The average Bonchev–Trinajstić information content (AvgIpc) is 2.78. The first kappa shape index (κ1) is 12.6. The summed E-state index contributed by atoms with van der Waals surface area (Å²) in [7, 11) is 0. The van der Waals surface area contributed by atoms with Gasteiger partial charge in [0, 0.05) is 6.04 Å². The fraction of sp³-hybridized carbons (Fsp3) is 0.625. The van der Waals surface area contributed by atoms with Gasteiger partial charge in [-0.1, -0.05) is 49.6 Å². The molecule has 0 spiro atoms. The van der Waals surface area contributed by atoms with E-state index >= 15 is 0 Å². The van der Waals surface area contributed by atoms with E-state index in [0.717, 1.165) is 0 Å². The highest BCUT2D eigenvalue weighted by molar-refractivity contribution is 5.25. The van der Waals surface area contributed by atoms with Crippen molar-refractivity contribution in [2.75, 3.05) is 13.1 Å². The summed E-state index contributed by atoms with van der Waals surface area (Å²) in [6.07, 6.45) is 6.76. The maximum atomic E-state index is 2.68. The monoisotopic (exact) mass is 231 g/mol. The lowest BCUT2D eigenvalue weighted by Gasteiger charge is -2.25. The third-order valence-electron chi connectivity index (χ3n) is 3.84. The predicted molar refractivity (Wildman–Crippen MR) is 74.3 cm³/mol. The van der Waals surface area contributed by atoms with Crippen LogP contribution in [0.2, 0.25) is 0 Å². The molecule has 1 aliphatic rings. The molecule has 1 nitrogen and oxygen atoms in total. The first-order chi connectivity index (χ1) is 8.31. The maximum Gasteiger partial charge on any atom is 0.0348 e. The highest BCUT2D eigenvalue weighted by Crippen LogP contribution is 2.32. The van der Waals surface area contributed by atoms with E-state index < -0.39 is 0 Å². The molecule has 1 aromatic carbocycles. The second kappa shape index (κ2) is 6.20. The van der Waals surface area contributed by atoms with Crippen molar-refractivity contribution in [2.45, 2.75) is 52.0 Å². The summed E-state index contributed by atoms with van der Waals surface area (Å²) in [5.74, 6) is 0. The van der Waals surface area contributed by atoms with Gasteiger partial charge < -0.3 is 0 Å². The first-order valence-electron chi connectivity index (χ1n) is 7.12. The van der Waals surface area contributed by atoms with E-state index in [9.17, 15) is 0 Å². The Bertz CT molecular complexity index is 345. The summed E-state index contributed by atoms with van der Waals surface area (Å²) < 4.78 is 0. The fourth-order valence-corrected chi connectivity index (χ4v) is 2.91. The van der Waals surface area contributed by atoms with Gasteiger partial charge in [-0.3, -0.25) is 4.90 Å². The van der Waals surface area contributed by atoms with Gasteiger partial charge in [-0.15, -0.1) is 0 Å². The Morgan fingerprint density at radius 2 is 2.18 bits per heavy atom. The third kappa shape index (κ3) is 3.32. The third-order valence-corrected chi connectivity index (χ3v) is 3.84. The Morgan fingerprint density at radius 1 is 1.29 bits per heavy atom. The molecule has 94 valence electrons. The van der Waals surface area contributed by atoms with Gasteiger partial charge in [-0.2, -0.15) is 0 Å². The normalized spacial score (nSPS) is 20.9. The molecule has 1 saturated heterocycles. The summed E-state index contributed by atoms with van der Waals surface area (Å²) in [5.41, 5.74) is 2.92. The Morgan fingerprint density at radius 3 is 2.94 bits per heavy atom. The summed E-state index contributed by atoms with van der Waals surface area (Å²) >= 11 is 0. The number of likely N-dealkylation sites (tertiary alicyclic amines) is 1. The van der Waals surface area contributed by atoms with Gasteiger partial charge in [0.15, 0.2) is 0 Å². The minimum absolute atomic E-state index is 0.687. The summed E-state index contributed by atoms with van der Waals surface area (Å²) in [6, 6.07) is 9.75. The average molecular weight is 231 g/mol. The molecule has 0 radical (unpaired) electrons. The molecule has 0 aliphatic carbocycles. The van der Waals surface area contributed by atoms with Gasteiger partial charge in [-0.05, 0) is 44.8 Å². The number of nitrogens with zero attached hydrogens (tertiary/aromatic N) is 1. The maximum absolute atomic E-state index is 2.68. The van der Waals surface area contributed by atoms with Crippen LogP contribution in [0.25, 0.3) is 0 Å². The molecule has 0 amide bonds. The molecule has 2 rings (SSSR count). The molecule has 0 bridgehead atoms. The molecule has 1 heterocycles. The van der Waals surface area contributed by atoms with Crippen LogP contribution in [0.1, 0.15) is 56.2 Å². The number of benzene rings is 1. The Kier molecular flexibility index (Phi) is 4.61. The van der Waals surface area contributed by atoms with Crippen molar-refractivity contribution in [3.05, 3.63) is 35.4 Å². The minimum Gasteiger partial charge on any atom is -0.296 e. The summed E-state index contributed by atoms with van der Waals surface area (Å²) in [5, 5.41) is 0. The molecular weight excluding hydrogens is 206 g/mol. The van der Waals surface area contributed by atoms with E-state index in [-0.39, 0.29) is 0 Å². The van der Waals surface area contributed by atoms with Crippen LogP contribution in [0.15, 0.2) is 24.3 Å². The van der Waals surface area contributed by atoms with Gasteiger partial charge in [0.05, 0.1) is 0 Å². The molecular formula is C16H25N. The number of aryl methyl sites for hydroxylation is 1. The van der Waals surface area contributed by atoms with Crippen molar-refractivity contribution >= 4 is 0 Å². The molecule has 1 heteroatoms. The number of unbranched alkanes of at least 4 members (excludes halogenated alkanes) is 2. The fourth-order valence-electron chi connectivity index (χ4n) is 2.91. The van der Waals surface area contributed by atoms with Crippen LogP contribution >= 0.6 is 0 Å². The van der Waals surface area contributed by atoms with Crippen LogP contribution in [0.5, 0.6) is 0 Å². The van der Waals surface area contributed by atoms with E-state index in [1.54, 1.807) is 0 Å². The number of hydrogen-bond acceptors (Lipinski definition) is 1.